The van der Waals surface area contributed by atoms with E-state index in [0.29, 0.717) is 19.8 Å². The highest BCUT2D eigenvalue weighted by atomic mass is 16.5. The van der Waals surface area contributed by atoms with Crippen LogP contribution in [0.1, 0.15) is 29.8 Å². The summed E-state index contributed by atoms with van der Waals surface area (Å²) >= 11 is 0. The number of hydrogen-bond donors (Lipinski definition) is 1. The summed E-state index contributed by atoms with van der Waals surface area (Å²) in [4.78, 5) is 12.4. The van der Waals surface area contributed by atoms with Gasteiger partial charge in [0.2, 0.25) is 0 Å². The molecule has 1 saturated heterocycles. The van der Waals surface area contributed by atoms with Crippen molar-refractivity contribution in [1.82, 2.24) is 9.88 Å². The predicted octanol–water partition coefficient (Wildman–Crippen LogP) is 1.95. The molecule has 1 aromatic rings. The maximum Gasteiger partial charge on any atom is 0.262 e. The summed E-state index contributed by atoms with van der Waals surface area (Å²) in [6.07, 6.45) is 3.24. The van der Waals surface area contributed by atoms with Crippen LogP contribution in [0.2, 0.25) is 0 Å². The molecule has 0 atom stereocenters. The highest BCUT2D eigenvalue weighted by molar-refractivity contribution is 6.02. The Morgan fingerprint density at radius 3 is 2.83 bits per heavy atom. The number of aryl methyl sites for hydroxylation is 1. The van der Waals surface area contributed by atoms with Crippen molar-refractivity contribution >= 4 is 12.0 Å². The molecule has 0 bridgehead atoms. The Morgan fingerprint density at radius 2 is 2.21 bits per heavy atom. The second-order valence-electron chi connectivity index (χ2n) is 6.00. The van der Waals surface area contributed by atoms with Crippen LogP contribution in [0.5, 0.6) is 0 Å². The monoisotopic (exact) mass is 331 g/mol. The molecule has 0 aromatic carbocycles. The molecule has 0 radical (unpaired) electrons. The summed E-state index contributed by atoms with van der Waals surface area (Å²) in [6, 6.07) is 4.09. The summed E-state index contributed by atoms with van der Waals surface area (Å²) in [5, 5.41) is 12.3. The molecule has 1 aromatic heterocycles. The molecule has 1 aliphatic heterocycles. The zero-order valence-corrected chi connectivity index (χ0v) is 14.6. The number of rotatable bonds is 6. The van der Waals surface area contributed by atoms with Gasteiger partial charge in [-0.3, -0.25) is 4.79 Å². The highest BCUT2D eigenvalue weighted by Crippen LogP contribution is 2.18. The molecule has 1 N–H and O–H groups in total. The second-order valence-corrected chi connectivity index (χ2v) is 6.00. The van der Waals surface area contributed by atoms with E-state index >= 15 is 0 Å². The quantitative estimate of drug-likeness (QED) is 0.638. The average Bonchev–Trinajstić information content (AvgIpc) is 2.85. The van der Waals surface area contributed by atoms with Crippen molar-refractivity contribution in [3.63, 3.8) is 0 Å². The van der Waals surface area contributed by atoms with Crippen LogP contribution < -0.4 is 5.32 Å². The van der Waals surface area contributed by atoms with Crippen LogP contribution in [-0.4, -0.2) is 43.4 Å². The average molecular weight is 331 g/mol. The van der Waals surface area contributed by atoms with Crippen molar-refractivity contribution < 1.29 is 14.3 Å². The van der Waals surface area contributed by atoms with Crippen molar-refractivity contribution in [2.75, 3.05) is 26.9 Å². The molecule has 130 valence electrons. The normalized spacial score (nSPS) is 16.0. The fraction of sp³-hybridized carbons (Fsp3) is 0.556. The van der Waals surface area contributed by atoms with E-state index in [1.807, 2.05) is 26.0 Å². The van der Waals surface area contributed by atoms with Gasteiger partial charge in [-0.05, 0) is 44.4 Å². The van der Waals surface area contributed by atoms with Crippen LogP contribution in [0, 0.1) is 25.2 Å². The number of methoxy groups -OCH3 is 1. The molecule has 0 aliphatic carbocycles. The lowest BCUT2D eigenvalue weighted by Gasteiger charge is -2.22. The van der Waals surface area contributed by atoms with Crippen molar-refractivity contribution in [2.24, 2.45) is 0 Å². The maximum atomic E-state index is 12.4. The summed E-state index contributed by atoms with van der Waals surface area (Å²) in [5.74, 6) is -0.314. The van der Waals surface area contributed by atoms with Crippen LogP contribution in [0.25, 0.3) is 6.08 Å². The van der Waals surface area contributed by atoms with Gasteiger partial charge in [-0.15, -0.1) is 0 Å². The zero-order chi connectivity index (χ0) is 17.5. The first kappa shape index (κ1) is 18.2. The minimum Gasteiger partial charge on any atom is -0.383 e. The number of carbonyl (C=O) groups excluding carboxylic acids is 1. The van der Waals surface area contributed by atoms with Crippen molar-refractivity contribution in [3.8, 4) is 6.07 Å². The van der Waals surface area contributed by atoms with Gasteiger partial charge in [-0.25, -0.2) is 0 Å². The lowest BCUT2D eigenvalue weighted by Crippen LogP contribution is -2.39. The van der Waals surface area contributed by atoms with E-state index in [1.165, 1.54) is 0 Å². The molecule has 0 saturated carbocycles. The van der Waals surface area contributed by atoms with Crippen LogP contribution in [0.4, 0.5) is 0 Å². The third kappa shape index (κ3) is 4.47. The van der Waals surface area contributed by atoms with E-state index in [-0.39, 0.29) is 17.5 Å². The third-order valence-corrected chi connectivity index (χ3v) is 4.35. The Labute approximate surface area is 143 Å². The molecule has 0 spiro atoms. The van der Waals surface area contributed by atoms with E-state index in [9.17, 15) is 10.1 Å². The molecule has 6 nitrogen and oxygen atoms in total. The predicted molar refractivity (Wildman–Crippen MR) is 91.4 cm³/mol. The molecule has 2 rings (SSSR count). The maximum absolute atomic E-state index is 12.4. The Balaban J connectivity index is 2.14. The van der Waals surface area contributed by atoms with Crippen molar-refractivity contribution in [1.29, 1.82) is 5.26 Å². The molecule has 2 heterocycles. The Bertz CT molecular complexity index is 649. The molecule has 24 heavy (non-hydrogen) atoms. The van der Waals surface area contributed by atoms with E-state index in [1.54, 1.807) is 13.2 Å². The number of carbonyl (C=O) groups is 1. The molecular formula is C18H25N3O3. The fourth-order valence-electron chi connectivity index (χ4n) is 2.91. The molecule has 0 unspecified atom stereocenters. The first-order chi connectivity index (χ1) is 11.6. The first-order valence-electron chi connectivity index (χ1n) is 8.23. The van der Waals surface area contributed by atoms with Crippen molar-refractivity contribution in [2.45, 2.75) is 39.3 Å². The van der Waals surface area contributed by atoms with Gasteiger partial charge in [0, 0.05) is 44.3 Å². The SMILES string of the molecule is COCCn1c(C)cc(/C=C(\C#N)C(=O)NC2CCOCC2)c1C. The minimum atomic E-state index is -0.314. The van der Waals surface area contributed by atoms with Crippen molar-refractivity contribution in [3.05, 3.63) is 28.6 Å². The lowest BCUT2D eigenvalue weighted by molar-refractivity contribution is -0.118. The summed E-state index contributed by atoms with van der Waals surface area (Å²) in [6.45, 7) is 6.66. The fourth-order valence-corrected chi connectivity index (χ4v) is 2.91. The third-order valence-electron chi connectivity index (χ3n) is 4.35. The van der Waals surface area contributed by atoms with Crippen LogP contribution in [0.3, 0.4) is 0 Å². The van der Waals surface area contributed by atoms with E-state index in [2.05, 4.69) is 9.88 Å². The molecule has 1 amide bonds. The number of aromatic nitrogens is 1. The Hall–Kier alpha value is -2.10. The van der Waals surface area contributed by atoms with Gasteiger partial charge in [0.25, 0.3) is 5.91 Å². The number of nitriles is 1. The van der Waals surface area contributed by atoms with Gasteiger partial charge in [0.15, 0.2) is 0 Å². The molecular weight excluding hydrogens is 306 g/mol. The van der Waals surface area contributed by atoms with Gasteiger partial charge in [-0.1, -0.05) is 0 Å². The first-order valence-corrected chi connectivity index (χ1v) is 8.23. The summed E-state index contributed by atoms with van der Waals surface area (Å²) in [5.41, 5.74) is 3.13. The Kier molecular flexibility index (Phi) is 6.59. The summed E-state index contributed by atoms with van der Waals surface area (Å²) < 4.78 is 12.5. The topological polar surface area (TPSA) is 76.3 Å². The zero-order valence-electron chi connectivity index (χ0n) is 14.6. The molecule has 1 fully saturated rings. The molecule has 1 aliphatic rings. The van der Waals surface area contributed by atoms with Crippen LogP contribution in [0.15, 0.2) is 11.6 Å². The van der Waals surface area contributed by atoms with Gasteiger partial charge in [0.05, 0.1) is 6.61 Å². The smallest absolute Gasteiger partial charge is 0.262 e. The molecule has 6 heteroatoms. The number of hydrogen-bond acceptors (Lipinski definition) is 4. The minimum absolute atomic E-state index is 0.0807. The van der Waals surface area contributed by atoms with Gasteiger partial charge in [0.1, 0.15) is 11.6 Å². The number of nitrogens with zero attached hydrogens (tertiary/aromatic N) is 2. The van der Waals surface area contributed by atoms with Gasteiger partial charge < -0.3 is 19.4 Å². The van der Waals surface area contributed by atoms with E-state index in [0.717, 1.165) is 36.3 Å². The van der Waals surface area contributed by atoms with Gasteiger partial charge in [-0.2, -0.15) is 5.26 Å². The standard InChI is InChI=1S/C18H25N3O3/c1-13-10-15(14(2)21(13)6-9-23-3)11-16(12-19)18(22)20-17-4-7-24-8-5-17/h10-11,17H,4-9H2,1-3H3,(H,20,22)/b16-11+. The number of ether oxygens (including phenoxy) is 2. The second kappa shape index (κ2) is 8.67. The largest absolute Gasteiger partial charge is 0.383 e. The lowest BCUT2D eigenvalue weighted by atomic mass is 10.1. The van der Waals surface area contributed by atoms with E-state index in [4.69, 9.17) is 9.47 Å². The van der Waals surface area contributed by atoms with Crippen LogP contribution >= 0.6 is 0 Å². The van der Waals surface area contributed by atoms with E-state index < -0.39 is 0 Å². The number of nitrogens with one attached hydrogen (secondary N) is 1. The summed E-state index contributed by atoms with van der Waals surface area (Å²) in [7, 11) is 1.67. The van der Waals surface area contributed by atoms with Gasteiger partial charge >= 0.3 is 0 Å². The van der Waals surface area contributed by atoms with Crippen LogP contribution in [-0.2, 0) is 20.8 Å². The Morgan fingerprint density at radius 1 is 1.50 bits per heavy atom. The highest BCUT2D eigenvalue weighted by Gasteiger charge is 2.19. The number of amides is 1.